The fraction of sp³-hybridized carbons (Fsp3) is 0.0588. The third kappa shape index (κ3) is 2.93. The Morgan fingerprint density at radius 3 is 2.81 bits per heavy atom. The van der Waals surface area contributed by atoms with Gasteiger partial charge in [0.1, 0.15) is 5.82 Å². The first-order chi connectivity index (χ1) is 10.1. The number of nitrogens with zero attached hydrogens (tertiary/aromatic N) is 1. The van der Waals surface area contributed by atoms with Gasteiger partial charge >= 0.3 is 0 Å². The first-order valence-electron chi connectivity index (χ1n) is 6.45. The van der Waals surface area contributed by atoms with Crippen LogP contribution in [0.1, 0.15) is 15.9 Å². The van der Waals surface area contributed by atoms with E-state index < -0.39 is 5.82 Å². The maximum atomic E-state index is 13.4. The number of ketones is 1. The average Bonchev–Trinajstić information content (AvgIpc) is 2.50. The van der Waals surface area contributed by atoms with E-state index in [1.165, 1.54) is 12.1 Å². The highest BCUT2D eigenvalue weighted by Crippen LogP contribution is 2.18. The molecule has 0 atom stereocenters. The van der Waals surface area contributed by atoms with Crippen LogP contribution in [0.25, 0.3) is 10.9 Å². The number of carbonyl (C=O) groups excluding carboxylic acids is 1. The Kier molecular flexibility index (Phi) is 3.67. The number of Topliss-reactive ketones (excluding diaryl/α,β-unsaturated/α-hetero) is 1. The predicted octanol–water partition coefficient (Wildman–Crippen LogP) is 4.45. The molecule has 0 N–H and O–H groups in total. The summed E-state index contributed by atoms with van der Waals surface area (Å²) in [7, 11) is 0. The van der Waals surface area contributed by atoms with Crippen LogP contribution in [0.2, 0.25) is 5.02 Å². The summed E-state index contributed by atoms with van der Waals surface area (Å²) in [6.45, 7) is 0. The summed E-state index contributed by atoms with van der Waals surface area (Å²) in [4.78, 5) is 16.5. The lowest BCUT2D eigenvalue weighted by atomic mass is 10.0. The van der Waals surface area contributed by atoms with Crippen molar-refractivity contribution in [2.75, 3.05) is 0 Å². The highest BCUT2D eigenvalue weighted by Gasteiger charge is 2.10. The van der Waals surface area contributed by atoms with Gasteiger partial charge in [0.05, 0.1) is 10.5 Å². The van der Waals surface area contributed by atoms with Crippen LogP contribution in [0.3, 0.4) is 0 Å². The van der Waals surface area contributed by atoms with Gasteiger partial charge in [0.25, 0.3) is 0 Å². The molecule has 2 aromatic carbocycles. The number of hydrogen-bond donors (Lipinski definition) is 0. The number of aromatic nitrogens is 1. The Morgan fingerprint density at radius 1 is 1.14 bits per heavy atom. The highest BCUT2D eigenvalue weighted by molar-refractivity contribution is 6.30. The number of fused-ring (bicyclic) bond motifs is 1. The Bertz CT molecular complexity index is 832. The second kappa shape index (κ2) is 5.62. The first-order valence-corrected chi connectivity index (χ1v) is 6.83. The smallest absolute Gasteiger partial charge is 0.167 e. The van der Waals surface area contributed by atoms with E-state index in [2.05, 4.69) is 4.98 Å². The van der Waals surface area contributed by atoms with E-state index in [1.54, 1.807) is 24.4 Å². The molecule has 3 rings (SSSR count). The van der Waals surface area contributed by atoms with Crippen molar-refractivity contribution in [1.29, 1.82) is 0 Å². The molecule has 0 aliphatic heterocycles. The normalized spacial score (nSPS) is 10.8. The maximum absolute atomic E-state index is 13.4. The monoisotopic (exact) mass is 299 g/mol. The summed E-state index contributed by atoms with van der Waals surface area (Å²) >= 11 is 5.63. The van der Waals surface area contributed by atoms with Crippen LogP contribution in [0.5, 0.6) is 0 Å². The zero-order chi connectivity index (χ0) is 14.8. The van der Waals surface area contributed by atoms with Crippen molar-refractivity contribution in [1.82, 2.24) is 4.98 Å². The lowest BCUT2D eigenvalue weighted by molar-refractivity contribution is 0.0993. The van der Waals surface area contributed by atoms with Gasteiger partial charge in [0.2, 0.25) is 0 Å². The van der Waals surface area contributed by atoms with Gasteiger partial charge in [-0.15, -0.1) is 0 Å². The average molecular weight is 300 g/mol. The van der Waals surface area contributed by atoms with E-state index in [-0.39, 0.29) is 17.2 Å². The molecule has 2 nitrogen and oxygen atoms in total. The maximum Gasteiger partial charge on any atom is 0.167 e. The molecular formula is C17H11ClFNO. The minimum absolute atomic E-state index is 0.0583. The number of benzene rings is 2. The Labute approximate surface area is 126 Å². The number of halogens is 2. The van der Waals surface area contributed by atoms with Gasteiger partial charge in [-0.3, -0.25) is 9.78 Å². The lowest BCUT2D eigenvalue weighted by Gasteiger charge is -2.04. The molecule has 21 heavy (non-hydrogen) atoms. The third-order valence-corrected chi connectivity index (χ3v) is 3.58. The van der Waals surface area contributed by atoms with Crippen molar-refractivity contribution in [2.24, 2.45) is 0 Å². The number of hydrogen-bond acceptors (Lipinski definition) is 2. The van der Waals surface area contributed by atoms with Crippen LogP contribution >= 0.6 is 11.6 Å². The van der Waals surface area contributed by atoms with E-state index in [9.17, 15) is 9.18 Å². The van der Waals surface area contributed by atoms with Crippen LogP contribution in [-0.2, 0) is 6.42 Å². The van der Waals surface area contributed by atoms with Crippen LogP contribution in [0, 0.1) is 5.82 Å². The quantitative estimate of drug-likeness (QED) is 0.669. The van der Waals surface area contributed by atoms with Crippen LogP contribution in [0.15, 0.2) is 54.7 Å². The van der Waals surface area contributed by atoms with Crippen LogP contribution < -0.4 is 0 Å². The van der Waals surface area contributed by atoms with Gasteiger partial charge in [-0.1, -0.05) is 23.7 Å². The molecule has 4 heteroatoms. The number of pyridine rings is 1. The minimum atomic E-state index is -0.510. The summed E-state index contributed by atoms with van der Waals surface area (Å²) in [5, 5.41) is 0.966. The van der Waals surface area contributed by atoms with Gasteiger partial charge in [-0.25, -0.2) is 4.39 Å². The Balaban J connectivity index is 1.87. The number of rotatable bonds is 3. The van der Waals surface area contributed by atoms with Crippen molar-refractivity contribution >= 4 is 28.3 Å². The fourth-order valence-corrected chi connectivity index (χ4v) is 2.30. The minimum Gasteiger partial charge on any atom is -0.294 e. The van der Waals surface area contributed by atoms with Crippen molar-refractivity contribution in [3.05, 3.63) is 76.7 Å². The standard InChI is InChI=1S/C17H11ClFNO/c18-14-5-3-11(8-15(14)19)9-17(21)13-4-6-16-12(10-13)2-1-7-20-16/h1-8,10H,9H2. The molecule has 0 bridgehead atoms. The predicted molar refractivity (Wildman–Crippen MR) is 81.2 cm³/mol. The van der Waals surface area contributed by atoms with Crippen molar-refractivity contribution in [3.8, 4) is 0 Å². The van der Waals surface area contributed by atoms with Gasteiger partial charge in [-0.2, -0.15) is 0 Å². The van der Waals surface area contributed by atoms with Crippen molar-refractivity contribution in [2.45, 2.75) is 6.42 Å². The molecule has 0 unspecified atom stereocenters. The molecule has 0 amide bonds. The molecule has 0 aliphatic carbocycles. The second-order valence-corrected chi connectivity index (χ2v) is 5.17. The van der Waals surface area contributed by atoms with Crippen LogP contribution in [0.4, 0.5) is 4.39 Å². The van der Waals surface area contributed by atoms with E-state index in [1.807, 2.05) is 18.2 Å². The molecule has 0 aliphatic rings. The molecule has 104 valence electrons. The molecular weight excluding hydrogens is 289 g/mol. The fourth-order valence-electron chi connectivity index (χ4n) is 2.19. The summed E-state index contributed by atoms with van der Waals surface area (Å²) in [6.07, 6.45) is 1.85. The van der Waals surface area contributed by atoms with Crippen LogP contribution in [-0.4, -0.2) is 10.8 Å². The van der Waals surface area contributed by atoms with E-state index >= 15 is 0 Å². The molecule has 1 heterocycles. The van der Waals surface area contributed by atoms with Crippen molar-refractivity contribution < 1.29 is 9.18 Å². The van der Waals surface area contributed by atoms with Gasteiger partial charge in [0, 0.05) is 23.6 Å². The van der Waals surface area contributed by atoms with Gasteiger partial charge in [0.15, 0.2) is 5.78 Å². The zero-order valence-corrected chi connectivity index (χ0v) is 11.8. The topological polar surface area (TPSA) is 30.0 Å². The Morgan fingerprint density at radius 2 is 2.00 bits per heavy atom. The molecule has 0 radical (unpaired) electrons. The molecule has 0 saturated heterocycles. The summed E-state index contributed by atoms with van der Waals surface area (Å²) < 4.78 is 13.4. The van der Waals surface area contributed by atoms with E-state index in [0.717, 1.165) is 10.9 Å². The molecule has 0 fully saturated rings. The lowest BCUT2D eigenvalue weighted by Crippen LogP contribution is -2.04. The third-order valence-electron chi connectivity index (χ3n) is 3.27. The molecule has 0 spiro atoms. The van der Waals surface area contributed by atoms with E-state index in [0.29, 0.717) is 11.1 Å². The van der Waals surface area contributed by atoms with Gasteiger partial charge in [-0.05, 0) is 42.0 Å². The largest absolute Gasteiger partial charge is 0.294 e. The highest BCUT2D eigenvalue weighted by atomic mass is 35.5. The van der Waals surface area contributed by atoms with Crippen molar-refractivity contribution in [3.63, 3.8) is 0 Å². The zero-order valence-electron chi connectivity index (χ0n) is 11.0. The molecule has 3 aromatic rings. The summed E-state index contributed by atoms with van der Waals surface area (Å²) in [6, 6.07) is 13.5. The second-order valence-electron chi connectivity index (χ2n) is 4.76. The molecule has 1 aromatic heterocycles. The number of carbonyl (C=O) groups is 1. The van der Waals surface area contributed by atoms with E-state index in [4.69, 9.17) is 11.6 Å². The summed E-state index contributed by atoms with van der Waals surface area (Å²) in [5.41, 5.74) is 2.03. The summed E-state index contributed by atoms with van der Waals surface area (Å²) in [5.74, 6) is -0.577. The van der Waals surface area contributed by atoms with Gasteiger partial charge < -0.3 is 0 Å². The first kappa shape index (κ1) is 13.7. The SMILES string of the molecule is O=C(Cc1ccc(Cl)c(F)c1)c1ccc2ncccc2c1. The Hall–Kier alpha value is -2.26. The molecule has 0 saturated carbocycles.